The van der Waals surface area contributed by atoms with Crippen molar-refractivity contribution < 1.29 is 22.7 Å². The zero-order valence-electron chi connectivity index (χ0n) is 21.0. The second kappa shape index (κ2) is 12.2. The molecule has 3 aromatic rings. The lowest BCUT2D eigenvalue weighted by atomic mass is 10.2. The summed E-state index contributed by atoms with van der Waals surface area (Å²) in [5.41, 5.74) is 1.28. The predicted molar refractivity (Wildman–Crippen MR) is 140 cm³/mol. The summed E-state index contributed by atoms with van der Waals surface area (Å²) in [6.07, 6.45) is 0. The summed E-state index contributed by atoms with van der Waals surface area (Å²) in [5.74, 6) is 1.62. The van der Waals surface area contributed by atoms with E-state index in [-0.39, 0.29) is 16.6 Å². The molecule has 0 fully saturated rings. The van der Waals surface area contributed by atoms with Crippen molar-refractivity contribution in [3.8, 4) is 22.9 Å². The van der Waals surface area contributed by atoms with Crippen molar-refractivity contribution in [1.82, 2.24) is 19.1 Å². The number of rotatable bonds is 12. The molecule has 0 spiro atoms. The quantitative estimate of drug-likeness (QED) is 0.350. The number of hydrogen-bond donors (Lipinski definition) is 1. The van der Waals surface area contributed by atoms with E-state index in [1.807, 2.05) is 25.3 Å². The van der Waals surface area contributed by atoms with Crippen LogP contribution in [0.2, 0.25) is 0 Å². The van der Waals surface area contributed by atoms with Crippen molar-refractivity contribution in [1.29, 1.82) is 0 Å². The third-order valence-corrected chi connectivity index (χ3v) is 8.53. The average molecular weight is 534 g/mol. The molecule has 36 heavy (non-hydrogen) atoms. The molecule has 0 saturated heterocycles. The minimum Gasteiger partial charge on any atom is -0.497 e. The monoisotopic (exact) mass is 533 g/mol. The Morgan fingerprint density at radius 3 is 2.31 bits per heavy atom. The molecular weight excluding hydrogens is 502 g/mol. The number of carbonyl (C=O) groups is 1. The number of benzene rings is 2. The number of ether oxygens (including phenoxy) is 2. The maximum atomic E-state index is 12.8. The smallest absolute Gasteiger partial charge is 0.243 e. The fourth-order valence-electron chi connectivity index (χ4n) is 3.60. The number of thioether (sulfide) groups is 1. The molecule has 0 atom stereocenters. The van der Waals surface area contributed by atoms with E-state index in [2.05, 4.69) is 15.5 Å². The maximum absolute atomic E-state index is 12.8. The van der Waals surface area contributed by atoms with Crippen LogP contribution in [0.25, 0.3) is 11.4 Å². The molecule has 0 unspecified atom stereocenters. The van der Waals surface area contributed by atoms with E-state index in [9.17, 15) is 13.2 Å². The Hall–Kier alpha value is -3.09. The number of nitrogens with zero attached hydrogens (tertiary/aromatic N) is 4. The van der Waals surface area contributed by atoms with Gasteiger partial charge in [0.05, 0.1) is 30.6 Å². The van der Waals surface area contributed by atoms with Gasteiger partial charge in [-0.2, -0.15) is 4.31 Å². The highest BCUT2D eigenvalue weighted by atomic mass is 32.2. The predicted octanol–water partition coefficient (Wildman–Crippen LogP) is 3.74. The molecule has 0 bridgehead atoms. The van der Waals surface area contributed by atoms with Gasteiger partial charge in [-0.25, -0.2) is 8.42 Å². The van der Waals surface area contributed by atoms with Gasteiger partial charge in [0.2, 0.25) is 15.9 Å². The van der Waals surface area contributed by atoms with E-state index in [4.69, 9.17) is 9.47 Å². The number of carbonyl (C=O) groups excluding carboxylic acids is 1. The summed E-state index contributed by atoms with van der Waals surface area (Å²) in [6.45, 7) is 6.98. The SMILES string of the molecule is CCN(CC)S(=O)(=O)c1ccc(-c2nnc(SCC(=O)Nc3ccc(OC)cc3OC)n2CC)cc1. The largest absolute Gasteiger partial charge is 0.497 e. The molecule has 12 heteroatoms. The van der Waals surface area contributed by atoms with Crippen LogP contribution in [0.3, 0.4) is 0 Å². The van der Waals surface area contributed by atoms with Gasteiger partial charge in [-0.1, -0.05) is 25.6 Å². The Kier molecular flexibility index (Phi) is 9.35. The van der Waals surface area contributed by atoms with Gasteiger partial charge in [-0.05, 0) is 43.3 Å². The first-order valence-electron chi connectivity index (χ1n) is 11.5. The van der Waals surface area contributed by atoms with Gasteiger partial charge in [0.1, 0.15) is 11.5 Å². The van der Waals surface area contributed by atoms with Gasteiger partial charge >= 0.3 is 0 Å². The van der Waals surface area contributed by atoms with Crippen molar-refractivity contribution >= 4 is 33.4 Å². The number of nitrogens with one attached hydrogen (secondary N) is 1. The maximum Gasteiger partial charge on any atom is 0.243 e. The Morgan fingerprint density at radius 1 is 1.03 bits per heavy atom. The standard InChI is InChI=1S/C24H31N5O5S2/c1-6-28(7-2)36(31,32)19-12-9-17(10-13-19)23-26-27-24(29(23)8-3)35-16-22(30)25-20-14-11-18(33-4)15-21(20)34-5/h9-15H,6-8,16H2,1-5H3,(H,25,30). The summed E-state index contributed by atoms with van der Waals surface area (Å²) >= 11 is 1.26. The molecule has 194 valence electrons. The fourth-order valence-corrected chi connectivity index (χ4v) is 5.86. The van der Waals surface area contributed by atoms with Crippen LogP contribution in [0.5, 0.6) is 11.5 Å². The third-order valence-electron chi connectivity index (χ3n) is 5.50. The molecule has 10 nitrogen and oxygen atoms in total. The van der Waals surface area contributed by atoms with Crippen molar-refractivity contribution in [2.75, 3.05) is 38.4 Å². The lowest BCUT2D eigenvalue weighted by molar-refractivity contribution is -0.113. The molecule has 1 N–H and O–H groups in total. The summed E-state index contributed by atoms with van der Waals surface area (Å²) in [4.78, 5) is 12.8. The van der Waals surface area contributed by atoms with Gasteiger partial charge < -0.3 is 19.4 Å². The minimum absolute atomic E-state index is 0.119. The van der Waals surface area contributed by atoms with Crippen molar-refractivity contribution in [2.24, 2.45) is 0 Å². The first kappa shape index (κ1) is 27.5. The van der Waals surface area contributed by atoms with Gasteiger partial charge in [0.15, 0.2) is 11.0 Å². The molecule has 1 amide bonds. The first-order chi connectivity index (χ1) is 17.3. The highest BCUT2D eigenvalue weighted by Crippen LogP contribution is 2.30. The second-order valence-electron chi connectivity index (χ2n) is 7.57. The molecular formula is C24H31N5O5S2. The number of sulfonamides is 1. The van der Waals surface area contributed by atoms with Crippen molar-refractivity contribution in [3.63, 3.8) is 0 Å². The van der Waals surface area contributed by atoms with E-state index in [0.717, 1.165) is 5.56 Å². The molecule has 2 aromatic carbocycles. The third kappa shape index (κ3) is 6.00. The zero-order chi connectivity index (χ0) is 26.3. The van der Waals surface area contributed by atoms with Gasteiger partial charge in [0.25, 0.3) is 0 Å². The number of amides is 1. The van der Waals surface area contributed by atoms with Crippen LogP contribution in [0.4, 0.5) is 5.69 Å². The molecule has 1 aromatic heterocycles. The van der Waals surface area contributed by atoms with Crippen molar-refractivity contribution in [3.05, 3.63) is 42.5 Å². The second-order valence-corrected chi connectivity index (χ2v) is 10.4. The highest BCUT2D eigenvalue weighted by molar-refractivity contribution is 7.99. The zero-order valence-corrected chi connectivity index (χ0v) is 22.6. The fraction of sp³-hybridized carbons (Fsp3) is 0.375. The molecule has 0 aliphatic carbocycles. The van der Waals surface area contributed by atoms with Crippen LogP contribution in [-0.2, 0) is 21.4 Å². The topological polar surface area (TPSA) is 116 Å². The van der Waals surface area contributed by atoms with E-state index >= 15 is 0 Å². The van der Waals surface area contributed by atoms with Crippen LogP contribution in [-0.4, -0.2) is 66.5 Å². The number of methoxy groups -OCH3 is 2. The molecule has 0 aliphatic rings. The summed E-state index contributed by atoms with van der Waals surface area (Å²) in [6, 6.07) is 11.8. The molecule has 0 aliphatic heterocycles. The minimum atomic E-state index is -3.54. The first-order valence-corrected chi connectivity index (χ1v) is 13.9. The van der Waals surface area contributed by atoms with E-state index in [1.54, 1.807) is 49.6 Å². The molecule has 0 radical (unpaired) electrons. The van der Waals surface area contributed by atoms with Crippen LogP contribution in [0.1, 0.15) is 20.8 Å². The van der Waals surface area contributed by atoms with E-state index in [0.29, 0.717) is 47.8 Å². The Bertz CT molecular complexity index is 1290. The lowest BCUT2D eigenvalue weighted by Crippen LogP contribution is -2.30. The van der Waals surface area contributed by atoms with E-state index in [1.165, 1.54) is 23.2 Å². The summed E-state index contributed by atoms with van der Waals surface area (Å²) in [5, 5.41) is 12.0. The van der Waals surface area contributed by atoms with E-state index < -0.39 is 10.0 Å². The molecule has 1 heterocycles. The van der Waals surface area contributed by atoms with Crippen LogP contribution < -0.4 is 14.8 Å². The van der Waals surface area contributed by atoms with Gasteiger partial charge in [0, 0.05) is 31.3 Å². The summed E-state index contributed by atoms with van der Waals surface area (Å²) in [7, 11) is -0.454. The average Bonchev–Trinajstić information content (AvgIpc) is 3.31. The molecule has 0 saturated carbocycles. The van der Waals surface area contributed by atoms with Crippen LogP contribution in [0.15, 0.2) is 52.5 Å². The van der Waals surface area contributed by atoms with Gasteiger partial charge in [-0.15, -0.1) is 10.2 Å². The highest BCUT2D eigenvalue weighted by Gasteiger charge is 2.22. The Morgan fingerprint density at radius 2 is 1.72 bits per heavy atom. The summed E-state index contributed by atoms with van der Waals surface area (Å²) < 4.78 is 39.3. The number of anilines is 1. The van der Waals surface area contributed by atoms with Gasteiger partial charge in [-0.3, -0.25) is 4.79 Å². The van der Waals surface area contributed by atoms with Crippen LogP contribution >= 0.6 is 11.8 Å². The van der Waals surface area contributed by atoms with Crippen molar-refractivity contribution in [2.45, 2.75) is 37.4 Å². The normalized spacial score (nSPS) is 11.5. The number of aromatic nitrogens is 3. The molecule has 3 rings (SSSR count). The Balaban J connectivity index is 1.72. The van der Waals surface area contributed by atoms with Crippen LogP contribution in [0, 0.1) is 0 Å². The number of hydrogen-bond acceptors (Lipinski definition) is 8. The Labute approximate surface area is 216 Å². The lowest BCUT2D eigenvalue weighted by Gasteiger charge is -2.18.